The Morgan fingerprint density at radius 2 is 1.81 bits per heavy atom. The number of carbonyl (C=O) groups is 2. The third kappa shape index (κ3) is 5.40. The van der Waals surface area contributed by atoms with E-state index in [9.17, 15) is 9.59 Å². The molecule has 1 saturated heterocycles. The number of piperidine rings is 1. The maximum Gasteiger partial charge on any atom is 0.241 e. The molecule has 0 unspecified atom stereocenters. The van der Waals surface area contributed by atoms with Crippen LogP contribution >= 0.6 is 15.9 Å². The number of amides is 2. The number of halogens is 1. The Hall–Kier alpha value is -2.18. The van der Waals surface area contributed by atoms with Gasteiger partial charge in [-0.2, -0.15) is 0 Å². The highest BCUT2D eigenvalue weighted by atomic mass is 79.9. The van der Waals surface area contributed by atoms with Crippen LogP contribution in [-0.2, 0) is 9.59 Å². The molecule has 0 bridgehead atoms. The number of anilines is 2. The van der Waals surface area contributed by atoms with Crippen molar-refractivity contribution < 1.29 is 9.59 Å². The van der Waals surface area contributed by atoms with Gasteiger partial charge in [-0.05, 0) is 56.6 Å². The van der Waals surface area contributed by atoms with E-state index in [1.54, 1.807) is 0 Å². The Balaban J connectivity index is 1.57. The highest BCUT2D eigenvalue weighted by molar-refractivity contribution is 9.10. The van der Waals surface area contributed by atoms with E-state index in [2.05, 4.69) is 31.5 Å². The van der Waals surface area contributed by atoms with Gasteiger partial charge in [0.25, 0.3) is 0 Å². The van der Waals surface area contributed by atoms with E-state index in [4.69, 9.17) is 0 Å². The minimum atomic E-state index is -0.295. The van der Waals surface area contributed by atoms with Crippen LogP contribution in [-0.4, -0.2) is 35.8 Å². The first-order valence-electron chi connectivity index (χ1n) is 9.19. The van der Waals surface area contributed by atoms with Gasteiger partial charge in [-0.15, -0.1) is 0 Å². The fourth-order valence-electron chi connectivity index (χ4n) is 3.32. The number of rotatable bonds is 5. The maximum atomic E-state index is 12.6. The topological polar surface area (TPSA) is 61.4 Å². The largest absolute Gasteiger partial charge is 0.326 e. The summed E-state index contributed by atoms with van der Waals surface area (Å²) in [7, 11) is 0. The van der Waals surface area contributed by atoms with E-state index < -0.39 is 0 Å². The molecule has 2 amide bonds. The Kier molecular flexibility index (Phi) is 6.63. The zero-order chi connectivity index (χ0) is 19.2. The van der Waals surface area contributed by atoms with Gasteiger partial charge in [-0.3, -0.25) is 14.5 Å². The molecule has 2 atom stereocenters. The third-order valence-electron chi connectivity index (χ3n) is 4.88. The van der Waals surface area contributed by atoms with Crippen LogP contribution in [0.3, 0.4) is 0 Å². The van der Waals surface area contributed by atoms with Crippen LogP contribution in [0.1, 0.15) is 19.8 Å². The number of nitrogens with zero attached hydrogens (tertiary/aromatic N) is 1. The SMILES string of the molecule is C[C@H](C(=O)Nc1cccc(Br)c1)N1CCC[C@H](C(=O)Nc2ccccc2)C1. The van der Waals surface area contributed by atoms with E-state index in [0.717, 1.165) is 35.2 Å². The molecule has 1 aliphatic rings. The quantitative estimate of drug-likeness (QED) is 0.750. The Labute approximate surface area is 168 Å². The molecule has 3 rings (SSSR count). The number of nitrogens with one attached hydrogen (secondary N) is 2. The van der Waals surface area contributed by atoms with Crippen molar-refractivity contribution in [2.24, 2.45) is 5.92 Å². The van der Waals surface area contributed by atoms with Crippen molar-refractivity contribution in [2.75, 3.05) is 23.7 Å². The maximum absolute atomic E-state index is 12.6. The van der Waals surface area contributed by atoms with Crippen molar-refractivity contribution in [2.45, 2.75) is 25.8 Å². The van der Waals surface area contributed by atoms with Crippen LogP contribution in [0, 0.1) is 5.92 Å². The second-order valence-corrected chi connectivity index (χ2v) is 7.78. The molecule has 0 radical (unpaired) electrons. The normalized spacial score (nSPS) is 18.5. The van der Waals surface area contributed by atoms with Gasteiger partial charge in [-0.1, -0.05) is 40.2 Å². The molecule has 0 saturated carbocycles. The van der Waals surface area contributed by atoms with E-state index in [1.807, 2.05) is 61.5 Å². The number of likely N-dealkylation sites (tertiary alicyclic amines) is 1. The summed E-state index contributed by atoms with van der Waals surface area (Å²) >= 11 is 3.41. The molecule has 5 nitrogen and oxygen atoms in total. The van der Waals surface area contributed by atoms with Gasteiger partial charge in [0.15, 0.2) is 0 Å². The van der Waals surface area contributed by atoms with Gasteiger partial charge < -0.3 is 10.6 Å². The van der Waals surface area contributed by atoms with Crippen molar-refractivity contribution in [3.63, 3.8) is 0 Å². The Morgan fingerprint density at radius 1 is 1.07 bits per heavy atom. The third-order valence-corrected chi connectivity index (χ3v) is 5.38. The van der Waals surface area contributed by atoms with Crippen molar-refractivity contribution in [3.05, 3.63) is 59.1 Å². The van der Waals surface area contributed by atoms with Gasteiger partial charge >= 0.3 is 0 Å². The van der Waals surface area contributed by atoms with Crippen LogP contribution in [0.5, 0.6) is 0 Å². The minimum Gasteiger partial charge on any atom is -0.326 e. The summed E-state index contributed by atoms with van der Waals surface area (Å²) in [6, 6.07) is 16.7. The summed E-state index contributed by atoms with van der Waals surface area (Å²) in [5.41, 5.74) is 1.57. The molecular weight excluding hydrogens is 406 g/mol. The van der Waals surface area contributed by atoms with Crippen LogP contribution in [0.25, 0.3) is 0 Å². The fourth-order valence-corrected chi connectivity index (χ4v) is 3.72. The molecule has 1 heterocycles. The lowest BCUT2D eigenvalue weighted by molar-refractivity contribution is -0.125. The van der Waals surface area contributed by atoms with Gasteiger partial charge in [0, 0.05) is 22.4 Å². The molecule has 1 aliphatic heterocycles. The highest BCUT2D eigenvalue weighted by Gasteiger charge is 2.30. The van der Waals surface area contributed by atoms with E-state index in [1.165, 1.54) is 0 Å². The first-order valence-corrected chi connectivity index (χ1v) is 9.98. The lowest BCUT2D eigenvalue weighted by Gasteiger charge is -2.35. The predicted molar refractivity (Wildman–Crippen MR) is 112 cm³/mol. The standard InChI is InChI=1S/C21H24BrN3O2/c1-15(20(26)24-19-11-5-8-17(22)13-19)25-12-6-7-16(14-25)21(27)23-18-9-3-2-4-10-18/h2-5,8-11,13,15-16H,6-7,12,14H2,1H3,(H,23,27)(H,24,26)/t15-,16+/m1/s1. The summed E-state index contributed by atoms with van der Waals surface area (Å²) in [6.45, 7) is 3.30. The lowest BCUT2D eigenvalue weighted by atomic mass is 9.95. The lowest BCUT2D eigenvalue weighted by Crippen LogP contribution is -2.49. The Bertz CT molecular complexity index is 797. The summed E-state index contributed by atoms with van der Waals surface area (Å²) in [4.78, 5) is 27.3. The number of hydrogen-bond acceptors (Lipinski definition) is 3. The first kappa shape index (κ1) is 19.6. The summed E-state index contributed by atoms with van der Waals surface area (Å²) in [6.07, 6.45) is 1.75. The summed E-state index contributed by atoms with van der Waals surface area (Å²) in [5, 5.41) is 5.93. The van der Waals surface area contributed by atoms with Crippen molar-refractivity contribution in [1.82, 2.24) is 4.90 Å². The summed E-state index contributed by atoms with van der Waals surface area (Å²) in [5.74, 6) is -0.150. The summed E-state index contributed by atoms with van der Waals surface area (Å²) < 4.78 is 0.920. The molecule has 1 fully saturated rings. The fraction of sp³-hybridized carbons (Fsp3) is 0.333. The van der Waals surface area contributed by atoms with Gasteiger partial charge in [0.2, 0.25) is 11.8 Å². The van der Waals surface area contributed by atoms with Crippen LogP contribution in [0.4, 0.5) is 11.4 Å². The van der Waals surface area contributed by atoms with Crippen molar-refractivity contribution in [1.29, 1.82) is 0 Å². The number of para-hydroxylation sites is 1. The molecule has 2 aromatic carbocycles. The monoisotopic (exact) mass is 429 g/mol. The van der Waals surface area contributed by atoms with Crippen LogP contribution in [0.2, 0.25) is 0 Å². The first-order chi connectivity index (χ1) is 13.0. The van der Waals surface area contributed by atoms with Crippen molar-refractivity contribution >= 4 is 39.1 Å². The second-order valence-electron chi connectivity index (χ2n) is 6.86. The molecular formula is C21H24BrN3O2. The average Bonchev–Trinajstić information content (AvgIpc) is 2.68. The minimum absolute atomic E-state index is 0.0190. The highest BCUT2D eigenvalue weighted by Crippen LogP contribution is 2.22. The molecule has 142 valence electrons. The average molecular weight is 430 g/mol. The Morgan fingerprint density at radius 3 is 2.56 bits per heavy atom. The number of benzene rings is 2. The van der Waals surface area contributed by atoms with E-state index in [-0.39, 0.29) is 23.8 Å². The van der Waals surface area contributed by atoms with Gasteiger partial charge in [0.05, 0.1) is 12.0 Å². The zero-order valence-corrected chi connectivity index (χ0v) is 16.9. The molecule has 0 aliphatic carbocycles. The van der Waals surface area contributed by atoms with Crippen molar-refractivity contribution in [3.8, 4) is 0 Å². The van der Waals surface area contributed by atoms with E-state index >= 15 is 0 Å². The molecule has 2 aromatic rings. The molecule has 2 N–H and O–H groups in total. The number of hydrogen-bond donors (Lipinski definition) is 2. The van der Waals surface area contributed by atoms with Gasteiger partial charge in [-0.25, -0.2) is 0 Å². The second kappa shape index (κ2) is 9.15. The number of carbonyl (C=O) groups excluding carboxylic acids is 2. The molecule has 0 aromatic heterocycles. The zero-order valence-electron chi connectivity index (χ0n) is 15.3. The smallest absolute Gasteiger partial charge is 0.241 e. The molecule has 0 spiro atoms. The van der Waals surface area contributed by atoms with E-state index in [0.29, 0.717) is 6.54 Å². The van der Waals surface area contributed by atoms with Crippen LogP contribution in [0.15, 0.2) is 59.1 Å². The van der Waals surface area contributed by atoms with Crippen LogP contribution < -0.4 is 10.6 Å². The molecule has 27 heavy (non-hydrogen) atoms. The van der Waals surface area contributed by atoms with Gasteiger partial charge in [0.1, 0.15) is 0 Å². The molecule has 6 heteroatoms. The predicted octanol–water partition coefficient (Wildman–Crippen LogP) is 4.13.